The maximum atomic E-state index is 13.4. The van der Waals surface area contributed by atoms with Gasteiger partial charge in [-0.2, -0.15) is 5.10 Å². The van der Waals surface area contributed by atoms with E-state index in [2.05, 4.69) is 50.3 Å². The Hall–Kier alpha value is -4.66. The second kappa shape index (κ2) is 12.2. The van der Waals surface area contributed by atoms with Gasteiger partial charge in [0.2, 0.25) is 0 Å². The van der Waals surface area contributed by atoms with Crippen LogP contribution in [0.1, 0.15) is 58.9 Å². The van der Waals surface area contributed by atoms with Crippen molar-refractivity contribution in [1.29, 1.82) is 0 Å². The molecule has 41 heavy (non-hydrogen) atoms. The number of nitrogens with zero attached hydrogens (tertiary/aromatic N) is 4. The maximum absolute atomic E-state index is 13.4. The standard InChI is InChI=1S/C32H37N7O2/c1-21(2)36-30-12-10-26(18-34-30)31(40)37-29-17-25(9-11-28(29)33-3)32(41)39-15-13-24(14-16-39)22-5-7-23(8-6-22)27-19-35-38(4)20-27/h5-12,17-21,24,33H,13-16H2,1-4H3,(H,34,36)(H,37,40). The smallest absolute Gasteiger partial charge is 0.257 e. The van der Waals surface area contributed by atoms with Gasteiger partial charge in [-0.15, -0.1) is 0 Å². The number of carbonyl (C=O) groups is 2. The van der Waals surface area contributed by atoms with Crippen LogP contribution in [0.25, 0.3) is 11.1 Å². The number of hydrogen-bond acceptors (Lipinski definition) is 6. The summed E-state index contributed by atoms with van der Waals surface area (Å²) >= 11 is 0. The van der Waals surface area contributed by atoms with Crippen molar-refractivity contribution in [3.8, 4) is 11.1 Å². The molecule has 1 fully saturated rings. The van der Waals surface area contributed by atoms with Crippen molar-refractivity contribution in [2.75, 3.05) is 36.1 Å². The van der Waals surface area contributed by atoms with Gasteiger partial charge in [-0.1, -0.05) is 24.3 Å². The zero-order valence-corrected chi connectivity index (χ0v) is 24.0. The highest BCUT2D eigenvalue weighted by atomic mass is 16.2. The van der Waals surface area contributed by atoms with Crippen LogP contribution in [0.4, 0.5) is 17.2 Å². The molecule has 1 aliphatic rings. The summed E-state index contributed by atoms with van der Waals surface area (Å²) in [6.45, 7) is 5.43. The van der Waals surface area contributed by atoms with Crippen molar-refractivity contribution in [1.82, 2.24) is 19.7 Å². The van der Waals surface area contributed by atoms with Crippen molar-refractivity contribution >= 4 is 29.0 Å². The van der Waals surface area contributed by atoms with E-state index in [4.69, 9.17) is 0 Å². The maximum Gasteiger partial charge on any atom is 0.257 e. The lowest BCUT2D eigenvalue weighted by Gasteiger charge is -2.32. The van der Waals surface area contributed by atoms with Crippen LogP contribution in [0, 0.1) is 0 Å². The van der Waals surface area contributed by atoms with E-state index in [-0.39, 0.29) is 17.9 Å². The molecule has 4 aromatic rings. The van der Waals surface area contributed by atoms with E-state index >= 15 is 0 Å². The van der Waals surface area contributed by atoms with Crippen molar-refractivity contribution in [2.45, 2.75) is 38.6 Å². The highest BCUT2D eigenvalue weighted by Crippen LogP contribution is 2.31. The Morgan fingerprint density at radius 3 is 2.24 bits per heavy atom. The van der Waals surface area contributed by atoms with Crippen LogP contribution in [0.15, 0.2) is 73.2 Å². The summed E-state index contributed by atoms with van der Waals surface area (Å²) in [7, 11) is 3.71. The molecule has 9 heteroatoms. The van der Waals surface area contributed by atoms with E-state index in [1.807, 2.05) is 44.3 Å². The molecular formula is C32H37N7O2. The van der Waals surface area contributed by atoms with Gasteiger partial charge in [0.25, 0.3) is 11.8 Å². The number of aromatic nitrogens is 3. The Labute approximate surface area is 241 Å². The van der Waals surface area contributed by atoms with Crippen LogP contribution in [-0.4, -0.2) is 57.7 Å². The molecule has 0 saturated carbocycles. The predicted molar refractivity (Wildman–Crippen MR) is 163 cm³/mol. The number of carbonyl (C=O) groups excluding carboxylic acids is 2. The molecular weight excluding hydrogens is 514 g/mol. The van der Waals surface area contributed by atoms with Gasteiger partial charge in [0, 0.05) is 56.7 Å². The fourth-order valence-electron chi connectivity index (χ4n) is 5.22. The van der Waals surface area contributed by atoms with Crippen LogP contribution in [-0.2, 0) is 7.05 Å². The summed E-state index contributed by atoms with van der Waals surface area (Å²) in [5.41, 5.74) is 5.83. The first-order chi connectivity index (χ1) is 19.8. The summed E-state index contributed by atoms with van der Waals surface area (Å²) in [5.74, 6) is 0.814. The number of rotatable bonds is 8. The molecule has 0 atom stereocenters. The molecule has 1 saturated heterocycles. The third-order valence-electron chi connectivity index (χ3n) is 7.45. The van der Waals surface area contributed by atoms with Crippen LogP contribution >= 0.6 is 0 Å². The number of pyridine rings is 1. The van der Waals surface area contributed by atoms with Gasteiger partial charge in [0.05, 0.1) is 23.1 Å². The molecule has 3 N–H and O–H groups in total. The molecule has 2 aromatic heterocycles. The molecule has 3 heterocycles. The van der Waals surface area contributed by atoms with E-state index in [1.165, 1.54) is 5.56 Å². The molecule has 212 valence electrons. The minimum absolute atomic E-state index is 0.0284. The third kappa shape index (κ3) is 6.57. The van der Waals surface area contributed by atoms with Crippen molar-refractivity contribution in [2.24, 2.45) is 7.05 Å². The molecule has 0 spiro atoms. The molecule has 0 unspecified atom stereocenters. The normalized spacial score (nSPS) is 13.7. The van der Waals surface area contributed by atoms with Crippen molar-refractivity contribution in [3.63, 3.8) is 0 Å². The van der Waals surface area contributed by atoms with E-state index in [0.717, 1.165) is 29.7 Å². The number of piperidine rings is 1. The van der Waals surface area contributed by atoms with Crippen LogP contribution in [0.3, 0.4) is 0 Å². The number of nitrogens with one attached hydrogen (secondary N) is 3. The zero-order chi connectivity index (χ0) is 28.9. The molecule has 1 aliphatic heterocycles. The summed E-state index contributed by atoms with van der Waals surface area (Å²) in [6, 6.07) is 17.8. The van der Waals surface area contributed by atoms with Crippen molar-refractivity contribution in [3.05, 3.63) is 89.9 Å². The van der Waals surface area contributed by atoms with Gasteiger partial charge in [-0.25, -0.2) is 4.98 Å². The fraction of sp³-hybridized carbons (Fsp3) is 0.312. The average Bonchev–Trinajstić information content (AvgIpc) is 3.43. The predicted octanol–water partition coefficient (Wildman–Crippen LogP) is 5.62. The first kappa shape index (κ1) is 27.9. The zero-order valence-electron chi connectivity index (χ0n) is 24.0. The van der Waals surface area contributed by atoms with E-state index in [1.54, 1.807) is 42.2 Å². The average molecular weight is 552 g/mol. The Morgan fingerprint density at radius 1 is 0.902 bits per heavy atom. The summed E-state index contributed by atoms with van der Waals surface area (Å²) in [6.07, 6.45) is 7.25. The number of anilines is 3. The quantitative estimate of drug-likeness (QED) is 0.263. The Kier molecular flexibility index (Phi) is 8.33. The highest BCUT2D eigenvalue weighted by molar-refractivity contribution is 6.07. The van der Waals surface area contributed by atoms with Crippen LogP contribution in [0.5, 0.6) is 0 Å². The third-order valence-corrected chi connectivity index (χ3v) is 7.45. The van der Waals surface area contributed by atoms with Crippen LogP contribution in [0.2, 0.25) is 0 Å². The number of aryl methyl sites for hydroxylation is 1. The topological polar surface area (TPSA) is 104 Å². The van der Waals surface area contributed by atoms with Gasteiger partial charge < -0.3 is 20.9 Å². The fourth-order valence-corrected chi connectivity index (χ4v) is 5.22. The lowest BCUT2D eigenvalue weighted by molar-refractivity contribution is 0.0712. The number of benzene rings is 2. The molecule has 9 nitrogen and oxygen atoms in total. The Bertz CT molecular complexity index is 1500. The molecule has 2 aromatic carbocycles. The number of hydrogen-bond donors (Lipinski definition) is 3. The second-order valence-electron chi connectivity index (χ2n) is 10.8. The SMILES string of the molecule is CNc1ccc(C(=O)N2CCC(c3ccc(-c4cnn(C)c4)cc3)CC2)cc1NC(=O)c1ccc(NC(C)C)nc1. The minimum atomic E-state index is -0.287. The molecule has 0 aliphatic carbocycles. The number of likely N-dealkylation sites (tertiary alicyclic amines) is 1. The molecule has 5 rings (SSSR count). The van der Waals surface area contributed by atoms with Gasteiger partial charge in [0.15, 0.2) is 0 Å². The first-order valence-electron chi connectivity index (χ1n) is 14.0. The second-order valence-corrected chi connectivity index (χ2v) is 10.8. The summed E-state index contributed by atoms with van der Waals surface area (Å²) in [5, 5.41) is 13.5. The lowest BCUT2D eigenvalue weighted by Crippen LogP contribution is -2.38. The van der Waals surface area contributed by atoms with E-state index in [0.29, 0.717) is 41.6 Å². The number of amides is 2. The summed E-state index contributed by atoms with van der Waals surface area (Å²) < 4.78 is 1.81. The monoisotopic (exact) mass is 551 g/mol. The van der Waals surface area contributed by atoms with Crippen LogP contribution < -0.4 is 16.0 Å². The minimum Gasteiger partial charge on any atom is -0.386 e. The largest absolute Gasteiger partial charge is 0.386 e. The molecule has 0 bridgehead atoms. The van der Waals surface area contributed by atoms with Gasteiger partial charge in [-0.3, -0.25) is 14.3 Å². The van der Waals surface area contributed by atoms with Crippen molar-refractivity contribution < 1.29 is 9.59 Å². The first-order valence-corrected chi connectivity index (χ1v) is 14.0. The molecule has 2 amide bonds. The van der Waals surface area contributed by atoms with Gasteiger partial charge >= 0.3 is 0 Å². The summed E-state index contributed by atoms with van der Waals surface area (Å²) in [4.78, 5) is 32.7. The highest BCUT2D eigenvalue weighted by Gasteiger charge is 2.25. The lowest BCUT2D eigenvalue weighted by atomic mass is 9.88. The van der Waals surface area contributed by atoms with Gasteiger partial charge in [0.1, 0.15) is 5.82 Å². The van der Waals surface area contributed by atoms with E-state index in [9.17, 15) is 9.59 Å². The molecule has 0 radical (unpaired) electrons. The Morgan fingerprint density at radius 2 is 1.63 bits per heavy atom. The van der Waals surface area contributed by atoms with Gasteiger partial charge in [-0.05, 0) is 74.1 Å². The van der Waals surface area contributed by atoms with E-state index < -0.39 is 0 Å². The Balaban J connectivity index is 1.22.